The average Bonchev–Trinajstić information content (AvgIpc) is 2.90. The third kappa shape index (κ3) is 2.34. The molecule has 0 fully saturated rings. The minimum absolute atomic E-state index is 0.0287. The zero-order valence-corrected chi connectivity index (χ0v) is 16.4. The number of pyridine rings is 1. The Labute approximate surface area is 163 Å². The summed E-state index contributed by atoms with van der Waals surface area (Å²) in [6.45, 7) is 9.21. The van der Waals surface area contributed by atoms with Crippen LogP contribution in [-0.2, 0) is 18.9 Å². The SMILES string of the molecule is C=c1c(C#N)c(O)n(C)c(=O)/c1=C\C=C1\N2CCCc3cccc(c32)C1(C)C. The number of benzene rings is 1. The quantitative estimate of drug-likeness (QED) is 0.827. The first-order chi connectivity index (χ1) is 13.3. The van der Waals surface area contributed by atoms with Crippen molar-refractivity contribution in [3.05, 3.63) is 67.5 Å². The molecule has 142 valence electrons. The first kappa shape index (κ1) is 18.1. The minimum Gasteiger partial charge on any atom is -0.493 e. The smallest absolute Gasteiger partial charge is 0.260 e. The van der Waals surface area contributed by atoms with Crippen LogP contribution >= 0.6 is 0 Å². The van der Waals surface area contributed by atoms with Crippen LogP contribution in [0.1, 0.15) is 37.0 Å². The molecular formula is C23H23N3O2. The Morgan fingerprint density at radius 1 is 1.32 bits per heavy atom. The highest BCUT2D eigenvalue weighted by Gasteiger charge is 2.41. The lowest BCUT2D eigenvalue weighted by Crippen LogP contribution is -2.45. The fourth-order valence-electron chi connectivity index (χ4n) is 4.47. The van der Waals surface area contributed by atoms with Gasteiger partial charge < -0.3 is 10.0 Å². The predicted octanol–water partition coefficient (Wildman–Crippen LogP) is 1.78. The molecular weight excluding hydrogens is 350 g/mol. The maximum absolute atomic E-state index is 12.7. The van der Waals surface area contributed by atoms with E-state index in [-0.39, 0.29) is 27.6 Å². The van der Waals surface area contributed by atoms with Crippen molar-refractivity contribution in [3.63, 3.8) is 0 Å². The van der Waals surface area contributed by atoms with Crippen molar-refractivity contribution >= 4 is 18.3 Å². The van der Waals surface area contributed by atoms with Gasteiger partial charge in [0.25, 0.3) is 5.56 Å². The van der Waals surface area contributed by atoms with Crippen LogP contribution in [0.3, 0.4) is 0 Å². The molecule has 0 saturated heterocycles. The van der Waals surface area contributed by atoms with Crippen molar-refractivity contribution < 1.29 is 5.11 Å². The Morgan fingerprint density at radius 2 is 2.07 bits per heavy atom. The van der Waals surface area contributed by atoms with Gasteiger partial charge in [-0.2, -0.15) is 5.26 Å². The molecule has 3 heterocycles. The Balaban J connectivity index is 1.97. The largest absolute Gasteiger partial charge is 0.493 e. The number of rotatable bonds is 1. The van der Waals surface area contributed by atoms with E-state index in [0.717, 1.165) is 29.7 Å². The zero-order chi connectivity index (χ0) is 20.2. The molecule has 1 N–H and O–H groups in total. The van der Waals surface area contributed by atoms with Crippen LogP contribution < -0.4 is 20.9 Å². The highest BCUT2D eigenvalue weighted by molar-refractivity contribution is 5.76. The van der Waals surface area contributed by atoms with Crippen molar-refractivity contribution in [1.29, 1.82) is 5.26 Å². The van der Waals surface area contributed by atoms with Gasteiger partial charge in [-0.1, -0.05) is 38.6 Å². The fraction of sp³-hybridized carbons (Fsp3) is 0.304. The Hall–Kier alpha value is -3.26. The number of aromatic hydroxyl groups is 1. The molecule has 0 unspecified atom stereocenters. The molecule has 2 aliphatic heterocycles. The van der Waals surface area contributed by atoms with E-state index in [4.69, 9.17) is 0 Å². The van der Waals surface area contributed by atoms with Crippen LogP contribution in [0.15, 0.2) is 34.8 Å². The summed E-state index contributed by atoms with van der Waals surface area (Å²) in [5, 5.41) is 20.0. The van der Waals surface area contributed by atoms with E-state index in [1.165, 1.54) is 23.9 Å². The van der Waals surface area contributed by atoms with Gasteiger partial charge >= 0.3 is 0 Å². The maximum atomic E-state index is 12.7. The number of allylic oxidation sites excluding steroid dienone is 2. The van der Waals surface area contributed by atoms with Gasteiger partial charge in [-0.25, -0.2) is 0 Å². The second-order valence-electron chi connectivity index (χ2n) is 7.98. The van der Waals surface area contributed by atoms with Gasteiger partial charge in [-0.15, -0.1) is 0 Å². The number of aryl methyl sites for hydroxylation is 1. The molecule has 0 bridgehead atoms. The third-order valence-electron chi connectivity index (χ3n) is 6.04. The van der Waals surface area contributed by atoms with Gasteiger partial charge in [0.05, 0.1) is 0 Å². The highest BCUT2D eigenvalue weighted by atomic mass is 16.3. The van der Waals surface area contributed by atoms with Crippen LogP contribution in [0.2, 0.25) is 0 Å². The molecule has 28 heavy (non-hydrogen) atoms. The lowest BCUT2D eigenvalue weighted by atomic mass is 9.83. The topological polar surface area (TPSA) is 69.3 Å². The summed E-state index contributed by atoms with van der Waals surface area (Å²) in [5.41, 5.74) is 4.56. The number of nitrogens with zero attached hydrogens (tertiary/aromatic N) is 3. The molecule has 1 aromatic heterocycles. The second kappa shape index (κ2) is 6.13. The van der Waals surface area contributed by atoms with Gasteiger partial charge in [0.1, 0.15) is 11.6 Å². The number of hydrogen-bond acceptors (Lipinski definition) is 4. The molecule has 0 amide bonds. The molecule has 4 rings (SSSR count). The van der Waals surface area contributed by atoms with E-state index in [9.17, 15) is 15.2 Å². The summed E-state index contributed by atoms with van der Waals surface area (Å²) in [5.74, 6) is -0.350. The average molecular weight is 373 g/mol. The molecule has 2 aliphatic rings. The summed E-state index contributed by atoms with van der Waals surface area (Å²) in [6.07, 6.45) is 5.88. The maximum Gasteiger partial charge on any atom is 0.260 e. The van der Waals surface area contributed by atoms with Crippen molar-refractivity contribution in [2.45, 2.75) is 32.1 Å². The normalized spacial score (nSPS) is 19.0. The second-order valence-corrected chi connectivity index (χ2v) is 7.98. The van der Waals surface area contributed by atoms with Crippen molar-refractivity contribution in [3.8, 4) is 11.9 Å². The molecule has 0 radical (unpaired) electrons. The van der Waals surface area contributed by atoms with Crippen LogP contribution in [0.25, 0.3) is 12.7 Å². The number of aromatic nitrogens is 1. The summed E-state index contributed by atoms with van der Waals surface area (Å²) in [4.78, 5) is 15.0. The van der Waals surface area contributed by atoms with E-state index in [0.29, 0.717) is 5.22 Å². The summed E-state index contributed by atoms with van der Waals surface area (Å²) in [6, 6.07) is 8.43. The standard InChI is InChI=1S/C23H23N3O2/c1-14-16(21(27)25(4)22(28)17(14)13-24)10-11-19-23(2,3)18-9-5-7-15-8-6-12-26(19)20(15)18/h5,7,9-11,28H,1,6,8,12H2,2-4H3/b16-10-,19-11+. The first-order valence-corrected chi connectivity index (χ1v) is 9.42. The summed E-state index contributed by atoms with van der Waals surface area (Å²) < 4.78 is 1.09. The van der Waals surface area contributed by atoms with Gasteiger partial charge in [-0.3, -0.25) is 9.36 Å². The zero-order valence-electron chi connectivity index (χ0n) is 16.4. The van der Waals surface area contributed by atoms with Gasteiger partial charge in [0, 0.05) is 40.8 Å². The van der Waals surface area contributed by atoms with Crippen LogP contribution in [0, 0.1) is 11.3 Å². The number of anilines is 1. The minimum atomic E-state index is -0.369. The van der Waals surface area contributed by atoms with E-state index in [2.05, 4.69) is 43.5 Å². The van der Waals surface area contributed by atoms with Gasteiger partial charge in [-0.05, 0) is 36.1 Å². The lowest BCUT2D eigenvalue weighted by molar-refractivity contribution is 0.420. The number of nitriles is 1. The Morgan fingerprint density at radius 3 is 2.79 bits per heavy atom. The summed E-state index contributed by atoms with van der Waals surface area (Å²) >= 11 is 0. The highest BCUT2D eigenvalue weighted by Crippen LogP contribution is 2.50. The van der Waals surface area contributed by atoms with Crippen molar-refractivity contribution in [1.82, 2.24) is 4.57 Å². The van der Waals surface area contributed by atoms with Crippen molar-refractivity contribution in [2.75, 3.05) is 11.4 Å². The molecule has 0 saturated carbocycles. The van der Waals surface area contributed by atoms with E-state index in [1.54, 1.807) is 6.08 Å². The monoisotopic (exact) mass is 373 g/mol. The Bertz CT molecular complexity index is 1240. The summed E-state index contributed by atoms with van der Waals surface area (Å²) in [7, 11) is 1.45. The van der Waals surface area contributed by atoms with Crippen LogP contribution in [0.5, 0.6) is 5.88 Å². The molecule has 5 nitrogen and oxygen atoms in total. The fourth-order valence-corrected chi connectivity index (χ4v) is 4.47. The van der Waals surface area contributed by atoms with Crippen LogP contribution in [0.4, 0.5) is 5.69 Å². The van der Waals surface area contributed by atoms with E-state index < -0.39 is 0 Å². The van der Waals surface area contributed by atoms with Crippen LogP contribution in [-0.4, -0.2) is 16.2 Å². The molecule has 0 spiro atoms. The number of para-hydroxylation sites is 1. The van der Waals surface area contributed by atoms with Crippen molar-refractivity contribution in [2.24, 2.45) is 7.05 Å². The number of hydrogen-bond donors (Lipinski definition) is 1. The van der Waals surface area contributed by atoms with E-state index >= 15 is 0 Å². The van der Waals surface area contributed by atoms with Gasteiger partial charge in [0.15, 0.2) is 0 Å². The predicted molar refractivity (Wildman–Crippen MR) is 111 cm³/mol. The Kier molecular flexibility index (Phi) is 3.97. The molecule has 0 aliphatic carbocycles. The third-order valence-corrected chi connectivity index (χ3v) is 6.04. The van der Waals surface area contributed by atoms with Gasteiger partial charge in [0.2, 0.25) is 5.88 Å². The van der Waals surface area contributed by atoms with E-state index in [1.807, 2.05) is 12.1 Å². The molecule has 1 aromatic carbocycles. The molecule has 5 heteroatoms. The molecule has 0 atom stereocenters. The molecule has 2 aromatic rings. The first-order valence-electron chi connectivity index (χ1n) is 9.42. The lowest BCUT2D eigenvalue weighted by Gasteiger charge is -2.30.